The molecule has 6 aromatic rings. The number of halogens is 1. The first-order chi connectivity index (χ1) is 18.0. The van der Waals surface area contributed by atoms with E-state index in [0.29, 0.717) is 44.4 Å². The molecule has 0 unspecified atom stereocenters. The Labute approximate surface area is 222 Å². The molecule has 0 bridgehead atoms. The highest BCUT2D eigenvalue weighted by Gasteiger charge is 2.15. The van der Waals surface area contributed by atoms with Crippen LogP contribution in [-0.2, 0) is 0 Å². The number of nitrogens with one attached hydrogen (secondary N) is 1. The minimum atomic E-state index is -0.490. The quantitative estimate of drug-likeness (QED) is 0.169. The average Bonchev–Trinajstić information content (AvgIpc) is 3.53. The summed E-state index contributed by atoms with van der Waals surface area (Å²) in [6.07, 6.45) is 1.56. The fraction of sp³-hybridized carbons (Fsp3) is 0.0357. The number of methoxy groups -OCH3 is 1. The van der Waals surface area contributed by atoms with Crippen LogP contribution in [-0.4, -0.2) is 12.1 Å². The molecule has 3 aromatic heterocycles. The van der Waals surface area contributed by atoms with E-state index >= 15 is 0 Å². The Kier molecular flexibility index (Phi) is 5.75. The molecule has 7 nitrogen and oxygen atoms in total. The van der Waals surface area contributed by atoms with Gasteiger partial charge in [0, 0.05) is 38.3 Å². The van der Waals surface area contributed by atoms with Crippen molar-refractivity contribution >= 4 is 71.4 Å². The Morgan fingerprint density at radius 3 is 2.78 bits per heavy atom. The molecule has 180 valence electrons. The van der Waals surface area contributed by atoms with E-state index in [2.05, 4.69) is 32.3 Å². The third-order valence-electron chi connectivity index (χ3n) is 5.90. The predicted octanol–water partition coefficient (Wildman–Crippen LogP) is 7.56. The molecule has 0 spiro atoms. The van der Waals surface area contributed by atoms with Crippen LogP contribution in [0, 0.1) is 11.3 Å². The van der Waals surface area contributed by atoms with Crippen molar-refractivity contribution in [3.63, 3.8) is 0 Å². The van der Waals surface area contributed by atoms with Crippen LogP contribution in [0.3, 0.4) is 0 Å². The lowest BCUT2D eigenvalue weighted by atomic mass is 10.1. The smallest absolute Gasteiger partial charge is 0.345 e. The zero-order valence-corrected chi connectivity index (χ0v) is 21.6. The topological polar surface area (TPSA) is 101 Å². The molecule has 1 N–H and O–H groups in total. The first kappa shape index (κ1) is 23.0. The second-order valence-corrected chi connectivity index (χ2v) is 9.90. The molecule has 0 saturated heterocycles. The van der Waals surface area contributed by atoms with Crippen molar-refractivity contribution in [3.05, 3.63) is 92.1 Å². The van der Waals surface area contributed by atoms with Gasteiger partial charge in [-0.15, -0.1) is 11.3 Å². The van der Waals surface area contributed by atoms with Gasteiger partial charge in [-0.2, -0.15) is 5.26 Å². The number of fused-ring (bicyclic) bond motifs is 4. The van der Waals surface area contributed by atoms with Gasteiger partial charge in [0.15, 0.2) is 0 Å². The predicted molar refractivity (Wildman–Crippen MR) is 149 cm³/mol. The summed E-state index contributed by atoms with van der Waals surface area (Å²) in [7, 11) is 1.59. The molecule has 0 aliphatic heterocycles. The molecule has 0 aliphatic rings. The molecule has 3 heterocycles. The number of hydrogen-bond acceptors (Lipinski definition) is 8. The number of rotatable bonds is 5. The number of para-hydroxylation sites is 1. The zero-order valence-electron chi connectivity index (χ0n) is 19.2. The maximum atomic E-state index is 12.6. The maximum Gasteiger partial charge on any atom is 0.345 e. The van der Waals surface area contributed by atoms with Crippen LogP contribution in [0.1, 0.15) is 5.01 Å². The first-order valence-corrected chi connectivity index (χ1v) is 12.8. The monoisotopic (exact) mass is 569 g/mol. The van der Waals surface area contributed by atoms with E-state index in [-0.39, 0.29) is 0 Å². The zero-order chi connectivity index (χ0) is 25.5. The van der Waals surface area contributed by atoms with Crippen LogP contribution in [0.5, 0.6) is 5.75 Å². The van der Waals surface area contributed by atoms with Crippen molar-refractivity contribution in [3.8, 4) is 23.1 Å². The molecule has 0 aliphatic carbocycles. The summed E-state index contributed by atoms with van der Waals surface area (Å²) < 4.78 is 17.9. The van der Waals surface area contributed by atoms with Crippen molar-refractivity contribution < 1.29 is 13.6 Å². The first-order valence-electron chi connectivity index (χ1n) is 11.1. The van der Waals surface area contributed by atoms with Gasteiger partial charge in [0.05, 0.1) is 24.1 Å². The fourth-order valence-electron chi connectivity index (χ4n) is 4.12. The van der Waals surface area contributed by atoms with Gasteiger partial charge in [-0.3, -0.25) is 0 Å². The molecule has 0 amide bonds. The van der Waals surface area contributed by atoms with Gasteiger partial charge in [-0.1, -0.05) is 34.1 Å². The Balaban J connectivity index is 1.34. The molecule has 0 atom stereocenters. The van der Waals surface area contributed by atoms with E-state index < -0.39 is 5.63 Å². The number of allylic oxidation sites excluding steroid dienone is 1. The summed E-state index contributed by atoms with van der Waals surface area (Å²) in [6.45, 7) is 0. The third-order valence-corrected chi connectivity index (χ3v) is 7.26. The minimum absolute atomic E-state index is 0.302. The number of nitriles is 1. The lowest BCUT2D eigenvalue weighted by Gasteiger charge is -2.08. The van der Waals surface area contributed by atoms with Crippen LogP contribution in [0.25, 0.3) is 49.7 Å². The summed E-state index contributed by atoms with van der Waals surface area (Å²) in [5.41, 5.74) is 3.19. The van der Waals surface area contributed by atoms with Crippen molar-refractivity contribution in [2.75, 3.05) is 12.4 Å². The number of hydrogen-bond donors (Lipinski definition) is 1. The SMILES string of the molecule is COc1cc2c(cc1NC=C(C#N)c1nc(-c3cc4cc(Br)ccc4oc3=O)cs1)oc1ccccc12. The van der Waals surface area contributed by atoms with Crippen LogP contribution >= 0.6 is 27.3 Å². The fourth-order valence-corrected chi connectivity index (χ4v) is 5.28. The van der Waals surface area contributed by atoms with E-state index in [4.69, 9.17) is 13.6 Å². The van der Waals surface area contributed by atoms with Gasteiger partial charge in [-0.05, 0) is 36.4 Å². The van der Waals surface area contributed by atoms with E-state index in [1.807, 2.05) is 48.5 Å². The normalized spacial score (nSPS) is 11.8. The highest BCUT2D eigenvalue weighted by atomic mass is 79.9. The molecular formula is C28H16BrN3O4S. The summed E-state index contributed by atoms with van der Waals surface area (Å²) >= 11 is 4.70. The van der Waals surface area contributed by atoms with E-state index in [1.54, 1.807) is 30.8 Å². The summed E-state index contributed by atoms with van der Waals surface area (Å²) in [4.78, 5) is 17.1. The minimum Gasteiger partial charge on any atom is -0.495 e. The maximum absolute atomic E-state index is 12.6. The number of thiazole rings is 1. The number of ether oxygens (including phenoxy) is 1. The molecule has 0 saturated carbocycles. The van der Waals surface area contributed by atoms with Crippen LogP contribution in [0.4, 0.5) is 5.69 Å². The summed E-state index contributed by atoms with van der Waals surface area (Å²) in [6, 6.07) is 20.9. The largest absolute Gasteiger partial charge is 0.495 e. The van der Waals surface area contributed by atoms with Crippen molar-refractivity contribution in [1.82, 2.24) is 4.98 Å². The number of anilines is 1. The summed E-state index contributed by atoms with van der Waals surface area (Å²) in [5.74, 6) is 0.604. The standard InChI is InChI=1S/C28H16BrN3O4S/c1-34-26-10-19-18-4-2-3-5-24(18)35-25(19)11-21(26)31-13-16(12-30)27-32-22(14-37-27)20-9-15-8-17(29)6-7-23(15)36-28(20)33/h2-11,13-14,31H,1H3. The molecular weight excluding hydrogens is 554 g/mol. The second kappa shape index (κ2) is 9.24. The van der Waals surface area contributed by atoms with Gasteiger partial charge in [-0.25, -0.2) is 9.78 Å². The van der Waals surface area contributed by atoms with E-state index in [1.165, 1.54) is 11.3 Å². The molecule has 6 rings (SSSR count). The summed E-state index contributed by atoms with van der Waals surface area (Å²) in [5, 5.41) is 17.9. The van der Waals surface area contributed by atoms with Gasteiger partial charge in [0.25, 0.3) is 0 Å². The Hall–Kier alpha value is -4.39. The van der Waals surface area contributed by atoms with E-state index in [0.717, 1.165) is 26.2 Å². The lowest BCUT2D eigenvalue weighted by Crippen LogP contribution is -2.03. The van der Waals surface area contributed by atoms with E-state index in [9.17, 15) is 10.1 Å². The molecule has 9 heteroatoms. The van der Waals surface area contributed by atoms with Gasteiger partial charge in [0.1, 0.15) is 39.1 Å². The average molecular weight is 570 g/mol. The number of aromatic nitrogens is 1. The molecule has 3 aromatic carbocycles. The van der Waals surface area contributed by atoms with Crippen molar-refractivity contribution in [1.29, 1.82) is 5.26 Å². The van der Waals surface area contributed by atoms with Gasteiger partial charge >= 0.3 is 5.63 Å². The third kappa shape index (κ3) is 4.16. The second-order valence-electron chi connectivity index (χ2n) is 8.13. The highest BCUT2D eigenvalue weighted by Crippen LogP contribution is 2.37. The molecule has 0 fully saturated rings. The van der Waals surface area contributed by atoms with Crippen LogP contribution < -0.4 is 15.7 Å². The van der Waals surface area contributed by atoms with Crippen LogP contribution in [0.2, 0.25) is 0 Å². The Morgan fingerprint density at radius 2 is 1.95 bits per heavy atom. The Bertz CT molecular complexity index is 1960. The van der Waals surface area contributed by atoms with Crippen LogP contribution in [0.15, 0.2) is 90.3 Å². The number of furan rings is 1. The Morgan fingerprint density at radius 1 is 1.08 bits per heavy atom. The van der Waals surface area contributed by atoms with Gasteiger partial charge in [0.2, 0.25) is 0 Å². The molecule has 37 heavy (non-hydrogen) atoms. The number of nitrogens with zero attached hydrogens (tertiary/aromatic N) is 2. The van der Waals surface area contributed by atoms with Gasteiger partial charge < -0.3 is 18.9 Å². The lowest BCUT2D eigenvalue weighted by molar-refractivity contribution is 0.417. The van der Waals surface area contributed by atoms with Crippen molar-refractivity contribution in [2.45, 2.75) is 0 Å². The highest BCUT2D eigenvalue weighted by molar-refractivity contribution is 9.10. The molecule has 0 radical (unpaired) electrons. The number of benzene rings is 3. The van der Waals surface area contributed by atoms with Crippen molar-refractivity contribution in [2.24, 2.45) is 0 Å².